The summed E-state index contributed by atoms with van der Waals surface area (Å²) >= 11 is 9.69. The van der Waals surface area contributed by atoms with Crippen LogP contribution >= 0.6 is 27.5 Å². The lowest BCUT2D eigenvalue weighted by Crippen LogP contribution is -2.35. The molecule has 0 saturated carbocycles. The van der Waals surface area contributed by atoms with Gasteiger partial charge < -0.3 is 5.32 Å². The molecule has 98 valence electrons. The van der Waals surface area contributed by atoms with Gasteiger partial charge in [-0.3, -0.25) is 4.90 Å². The van der Waals surface area contributed by atoms with E-state index in [-0.39, 0.29) is 0 Å². The van der Waals surface area contributed by atoms with Crippen molar-refractivity contribution in [1.82, 2.24) is 10.2 Å². The van der Waals surface area contributed by atoms with Crippen molar-refractivity contribution in [2.75, 3.05) is 13.1 Å². The molecule has 2 unspecified atom stereocenters. The molecule has 2 saturated heterocycles. The molecule has 1 N–H and O–H groups in total. The van der Waals surface area contributed by atoms with E-state index < -0.39 is 0 Å². The van der Waals surface area contributed by atoms with Crippen LogP contribution in [-0.4, -0.2) is 30.1 Å². The van der Waals surface area contributed by atoms with E-state index in [1.807, 2.05) is 12.1 Å². The Hall–Kier alpha value is -0.0900. The molecule has 2 fully saturated rings. The maximum absolute atomic E-state index is 6.08. The van der Waals surface area contributed by atoms with Crippen LogP contribution in [0.25, 0.3) is 0 Å². The molecule has 2 bridgehead atoms. The second kappa shape index (κ2) is 5.49. The molecule has 0 amide bonds. The molecular weight excluding hydrogens is 312 g/mol. The normalized spacial score (nSPS) is 28.3. The van der Waals surface area contributed by atoms with E-state index in [1.54, 1.807) is 0 Å². The van der Waals surface area contributed by atoms with Gasteiger partial charge >= 0.3 is 0 Å². The van der Waals surface area contributed by atoms with E-state index >= 15 is 0 Å². The maximum atomic E-state index is 6.08. The highest BCUT2D eigenvalue weighted by Crippen LogP contribution is 2.25. The van der Waals surface area contributed by atoms with Crippen molar-refractivity contribution in [3.8, 4) is 0 Å². The third-order valence-corrected chi connectivity index (χ3v) is 5.02. The predicted octanol–water partition coefficient (Wildman–Crippen LogP) is 3.43. The molecule has 0 aliphatic carbocycles. The van der Waals surface area contributed by atoms with E-state index in [4.69, 9.17) is 11.6 Å². The molecule has 3 rings (SSSR count). The Morgan fingerprint density at radius 2 is 2.11 bits per heavy atom. The van der Waals surface area contributed by atoms with Crippen molar-refractivity contribution in [3.05, 3.63) is 33.3 Å². The zero-order chi connectivity index (χ0) is 12.5. The number of rotatable bonds is 2. The van der Waals surface area contributed by atoms with Crippen LogP contribution in [0.5, 0.6) is 0 Å². The van der Waals surface area contributed by atoms with E-state index in [2.05, 4.69) is 32.2 Å². The summed E-state index contributed by atoms with van der Waals surface area (Å²) in [6.45, 7) is 3.34. The molecule has 0 spiro atoms. The van der Waals surface area contributed by atoms with Gasteiger partial charge in [-0.2, -0.15) is 0 Å². The quantitative estimate of drug-likeness (QED) is 0.894. The van der Waals surface area contributed by atoms with Crippen LogP contribution in [0.1, 0.15) is 24.8 Å². The predicted molar refractivity (Wildman–Crippen MR) is 79.0 cm³/mol. The van der Waals surface area contributed by atoms with E-state index in [0.717, 1.165) is 28.6 Å². The molecule has 2 atom stereocenters. The average molecular weight is 330 g/mol. The number of nitrogens with zero attached hydrogens (tertiary/aromatic N) is 1. The summed E-state index contributed by atoms with van der Waals surface area (Å²) < 4.78 is 1.16. The Morgan fingerprint density at radius 1 is 1.28 bits per heavy atom. The highest BCUT2D eigenvalue weighted by molar-refractivity contribution is 9.10. The van der Waals surface area contributed by atoms with Gasteiger partial charge in [-0.05, 0) is 43.0 Å². The van der Waals surface area contributed by atoms with Crippen molar-refractivity contribution in [3.63, 3.8) is 0 Å². The maximum Gasteiger partial charge on any atom is 0.0410 e. The fourth-order valence-corrected chi connectivity index (χ4v) is 3.63. The molecule has 0 aromatic heterocycles. The Kier molecular flexibility index (Phi) is 3.94. The van der Waals surface area contributed by atoms with Crippen molar-refractivity contribution in [1.29, 1.82) is 0 Å². The van der Waals surface area contributed by atoms with Gasteiger partial charge in [0.25, 0.3) is 0 Å². The standard InChI is InChI=1S/C14H18BrClN2/c15-14-4-1-11(16)7-10(14)8-18-6-5-12-2-3-13(9-18)17-12/h1,4,7,12-13,17H,2-3,5-6,8-9H2. The summed E-state index contributed by atoms with van der Waals surface area (Å²) in [6, 6.07) is 7.49. The molecule has 2 heterocycles. The summed E-state index contributed by atoms with van der Waals surface area (Å²) in [5.74, 6) is 0. The minimum Gasteiger partial charge on any atom is -0.310 e. The zero-order valence-corrected chi connectivity index (χ0v) is 12.7. The lowest BCUT2D eigenvalue weighted by molar-refractivity contribution is 0.250. The molecule has 1 aromatic rings. The van der Waals surface area contributed by atoms with E-state index in [9.17, 15) is 0 Å². The van der Waals surface area contributed by atoms with Crippen molar-refractivity contribution >= 4 is 27.5 Å². The van der Waals surface area contributed by atoms with Gasteiger partial charge in [0.15, 0.2) is 0 Å². The highest BCUT2D eigenvalue weighted by atomic mass is 79.9. The number of hydrogen-bond donors (Lipinski definition) is 1. The number of nitrogens with one attached hydrogen (secondary N) is 1. The lowest BCUT2D eigenvalue weighted by Gasteiger charge is -2.24. The number of hydrogen-bond acceptors (Lipinski definition) is 2. The molecule has 2 aliphatic rings. The number of fused-ring (bicyclic) bond motifs is 2. The molecule has 18 heavy (non-hydrogen) atoms. The number of benzene rings is 1. The SMILES string of the molecule is Clc1ccc(Br)c(CN2CCC3CCC(C2)N3)c1. The smallest absolute Gasteiger partial charge is 0.0410 e. The monoisotopic (exact) mass is 328 g/mol. The van der Waals surface area contributed by atoms with Gasteiger partial charge in [0.2, 0.25) is 0 Å². The lowest BCUT2D eigenvalue weighted by atomic mass is 10.1. The Labute approximate surface area is 122 Å². The van der Waals surface area contributed by atoms with Crippen LogP contribution in [-0.2, 0) is 6.54 Å². The summed E-state index contributed by atoms with van der Waals surface area (Å²) in [4.78, 5) is 2.55. The van der Waals surface area contributed by atoms with Crippen LogP contribution in [0.3, 0.4) is 0 Å². The first-order valence-corrected chi connectivity index (χ1v) is 7.80. The molecular formula is C14H18BrClN2. The fraction of sp³-hybridized carbons (Fsp3) is 0.571. The van der Waals surface area contributed by atoms with Gasteiger partial charge in [0.05, 0.1) is 0 Å². The highest BCUT2D eigenvalue weighted by Gasteiger charge is 2.29. The van der Waals surface area contributed by atoms with Crippen LogP contribution < -0.4 is 5.32 Å². The largest absolute Gasteiger partial charge is 0.310 e. The van der Waals surface area contributed by atoms with Crippen LogP contribution in [0.15, 0.2) is 22.7 Å². The van der Waals surface area contributed by atoms with Crippen LogP contribution in [0.4, 0.5) is 0 Å². The molecule has 4 heteroatoms. The minimum absolute atomic E-state index is 0.690. The minimum atomic E-state index is 0.690. The summed E-state index contributed by atoms with van der Waals surface area (Å²) in [5, 5.41) is 4.54. The van der Waals surface area contributed by atoms with Gasteiger partial charge in [-0.25, -0.2) is 0 Å². The topological polar surface area (TPSA) is 15.3 Å². The summed E-state index contributed by atoms with van der Waals surface area (Å²) in [6.07, 6.45) is 3.96. The first-order valence-electron chi connectivity index (χ1n) is 6.63. The molecule has 0 radical (unpaired) electrons. The van der Waals surface area contributed by atoms with Crippen LogP contribution in [0, 0.1) is 0 Å². The second-order valence-electron chi connectivity index (χ2n) is 5.40. The Bertz CT molecular complexity index is 438. The van der Waals surface area contributed by atoms with Crippen molar-refractivity contribution in [2.24, 2.45) is 0 Å². The Morgan fingerprint density at radius 3 is 3.00 bits per heavy atom. The average Bonchev–Trinajstić information content (AvgIpc) is 2.67. The zero-order valence-electron chi connectivity index (χ0n) is 10.3. The molecule has 2 nitrogen and oxygen atoms in total. The van der Waals surface area contributed by atoms with Gasteiger partial charge in [-0.1, -0.05) is 27.5 Å². The summed E-state index contributed by atoms with van der Waals surface area (Å²) in [5.41, 5.74) is 1.29. The fourth-order valence-electron chi connectivity index (χ4n) is 3.06. The van der Waals surface area contributed by atoms with Gasteiger partial charge in [0, 0.05) is 41.2 Å². The van der Waals surface area contributed by atoms with Gasteiger partial charge in [0.1, 0.15) is 0 Å². The van der Waals surface area contributed by atoms with Gasteiger partial charge in [-0.15, -0.1) is 0 Å². The first-order chi connectivity index (χ1) is 8.70. The van der Waals surface area contributed by atoms with Crippen molar-refractivity contribution in [2.45, 2.75) is 37.9 Å². The van der Waals surface area contributed by atoms with Crippen molar-refractivity contribution < 1.29 is 0 Å². The summed E-state index contributed by atoms with van der Waals surface area (Å²) in [7, 11) is 0. The van der Waals surface area contributed by atoms with E-state index in [1.165, 1.54) is 31.4 Å². The second-order valence-corrected chi connectivity index (χ2v) is 6.69. The molecule has 1 aromatic carbocycles. The van der Waals surface area contributed by atoms with Crippen LogP contribution in [0.2, 0.25) is 5.02 Å². The number of likely N-dealkylation sites (tertiary alicyclic amines) is 1. The Balaban J connectivity index is 1.70. The third-order valence-electron chi connectivity index (χ3n) is 4.01. The third kappa shape index (κ3) is 2.90. The first kappa shape index (κ1) is 12.9. The molecule has 2 aliphatic heterocycles. The van der Waals surface area contributed by atoms with E-state index in [0.29, 0.717) is 6.04 Å². The number of halogens is 2.